The third-order valence-corrected chi connectivity index (χ3v) is 6.85. The summed E-state index contributed by atoms with van der Waals surface area (Å²) in [6, 6.07) is 4.80. The minimum Gasteiger partial charge on any atom is -0.480 e. The fourth-order valence-corrected chi connectivity index (χ4v) is 4.44. The lowest BCUT2D eigenvalue weighted by Gasteiger charge is -2.35. The molecule has 1 heterocycles. The predicted octanol–water partition coefficient (Wildman–Crippen LogP) is 2.85. The molecule has 10 nitrogen and oxygen atoms in total. The number of piperazine rings is 1. The number of benzene rings is 1. The first-order valence-electron chi connectivity index (χ1n) is 10.9. The van der Waals surface area contributed by atoms with Gasteiger partial charge in [-0.2, -0.15) is 30.6 Å². The molecule has 2 rings (SSSR count). The average Bonchev–Trinajstić information content (AvgIpc) is 2.76. The summed E-state index contributed by atoms with van der Waals surface area (Å²) in [6.45, 7) is -0.738. The summed E-state index contributed by atoms with van der Waals surface area (Å²) in [4.78, 5) is 25.4. The van der Waals surface area contributed by atoms with E-state index in [1.54, 1.807) is 23.1 Å². The van der Waals surface area contributed by atoms with Crippen molar-refractivity contribution in [2.24, 2.45) is 0 Å². The number of hydrogen-bond acceptors (Lipinski definition) is 7. The van der Waals surface area contributed by atoms with Gasteiger partial charge in [0.15, 0.2) is 0 Å². The summed E-state index contributed by atoms with van der Waals surface area (Å²) in [5.74, 6) is -1.32. The number of ether oxygens (including phenoxy) is 1. The van der Waals surface area contributed by atoms with Crippen molar-refractivity contribution in [3.05, 3.63) is 28.8 Å². The minimum atomic E-state index is -5.81. The monoisotopic (exact) mass is 598 g/mol. The van der Waals surface area contributed by atoms with E-state index in [-0.39, 0.29) is 45.8 Å². The highest BCUT2D eigenvalue weighted by molar-refractivity contribution is 7.88. The molecule has 0 bridgehead atoms. The van der Waals surface area contributed by atoms with Crippen molar-refractivity contribution in [2.45, 2.75) is 25.0 Å². The van der Waals surface area contributed by atoms with Gasteiger partial charge in [0, 0.05) is 56.5 Å². The maximum Gasteiger partial charge on any atom is 0.434 e. The molecule has 1 aliphatic rings. The van der Waals surface area contributed by atoms with Gasteiger partial charge >= 0.3 is 24.4 Å². The number of carboxylic acids is 1. The summed E-state index contributed by atoms with van der Waals surface area (Å²) >= 11 is 6.05. The summed E-state index contributed by atoms with van der Waals surface area (Å²) in [5.41, 5.74) is 1.17. The van der Waals surface area contributed by atoms with Crippen molar-refractivity contribution in [3.8, 4) is 0 Å². The van der Waals surface area contributed by atoms with Crippen LogP contribution in [-0.4, -0.2) is 110 Å². The quantitative estimate of drug-likeness (QED) is 0.395. The Hall–Kier alpha value is -2.50. The highest BCUT2D eigenvalue weighted by atomic mass is 35.5. The molecule has 0 spiro atoms. The molecule has 0 radical (unpaired) electrons. The number of halogens is 7. The van der Waals surface area contributed by atoms with Gasteiger partial charge in [0.05, 0.1) is 6.26 Å². The molecule has 0 atom stereocenters. The number of hydrogen-bond donors (Lipinski definition) is 2. The first kappa shape index (κ1) is 31.7. The fourth-order valence-electron chi connectivity index (χ4n) is 3.50. The number of sulfonamides is 1. The minimum absolute atomic E-state index is 0.0346. The molecule has 0 unspecified atom stereocenters. The van der Waals surface area contributed by atoms with Crippen LogP contribution in [0.5, 0.6) is 0 Å². The second kappa shape index (κ2) is 12.6. The summed E-state index contributed by atoms with van der Waals surface area (Å²) in [7, 11) is -3.78. The van der Waals surface area contributed by atoms with E-state index in [0.29, 0.717) is 16.3 Å². The van der Waals surface area contributed by atoms with Crippen LogP contribution >= 0.6 is 11.6 Å². The Morgan fingerprint density at radius 2 is 1.71 bits per heavy atom. The molecule has 0 saturated carbocycles. The van der Waals surface area contributed by atoms with Crippen molar-refractivity contribution in [1.82, 2.24) is 14.1 Å². The molecule has 1 saturated heterocycles. The van der Waals surface area contributed by atoms with Gasteiger partial charge in [-0.25, -0.2) is 13.2 Å². The van der Waals surface area contributed by atoms with Crippen molar-refractivity contribution in [1.29, 1.82) is 0 Å². The van der Waals surface area contributed by atoms with Crippen LogP contribution in [0.2, 0.25) is 5.02 Å². The molecule has 1 fully saturated rings. The molecule has 1 aromatic carbocycles. The molecule has 2 N–H and O–H groups in total. The van der Waals surface area contributed by atoms with Gasteiger partial charge in [0.2, 0.25) is 10.0 Å². The SMILES string of the molecule is CS(=O)(=O)N(CCNc1cc(Cl)ccc1CN1CCN(C(=O)OC(C(F)(F)F)C(F)(F)F)CC1)CC(=O)O. The normalized spacial score (nSPS) is 15.7. The number of carbonyl (C=O) groups excluding carboxylic acids is 1. The van der Waals surface area contributed by atoms with E-state index in [2.05, 4.69) is 10.1 Å². The van der Waals surface area contributed by atoms with Crippen LogP contribution in [0.3, 0.4) is 0 Å². The lowest BCUT2D eigenvalue weighted by Crippen LogP contribution is -2.52. The summed E-state index contributed by atoms with van der Waals surface area (Å²) < 4.78 is 104. The van der Waals surface area contributed by atoms with Crippen LogP contribution in [0, 0.1) is 0 Å². The third-order valence-electron chi connectivity index (χ3n) is 5.37. The summed E-state index contributed by atoms with van der Waals surface area (Å²) in [6.07, 6.45) is -16.7. The number of nitrogens with one attached hydrogen (secondary N) is 1. The molecular formula is C20H25ClF6N4O6S. The van der Waals surface area contributed by atoms with E-state index in [1.807, 2.05) is 0 Å². The van der Waals surface area contributed by atoms with E-state index in [0.717, 1.165) is 15.5 Å². The zero-order valence-electron chi connectivity index (χ0n) is 19.9. The van der Waals surface area contributed by atoms with Crippen LogP contribution in [-0.2, 0) is 26.1 Å². The number of amides is 1. The molecule has 1 amide bonds. The zero-order valence-corrected chi connectivity index (χ0v) is 21.4. The highest BCUT2D eigenvalue weighted by Crippen LogP contribution is 2.36. The number of carbonyl (C=O) groups is 2. The van der Waals surface area contributed by atoms with Crippen molar-refractivity contribution in [3.63, 3.8) is 0 Å². The lowest BCUT2D eigenvalue weighted by molar-refractivity contribution is -0.308. The van der Waals surface area contributed by atoms with Gasteiger partial charge in [-0.1, -0.05) is 17.7 Å². The van der Waals surface area contributed by atoms with Crippen molar-refractivity contribution in [2.75, 3.05) is 57.4 Å². The van der Waals surface area contributed by atoms with Gasteiger partial charge in [0.1, 0.15) is 6.54 Å². The van der Waals surface area contributed by atoms with Crippen LogP contribution in [0.1, 0.15) is 5.56 Å². The molecular weight excluding hydrogens is 574 g/mol. The second-order valence-corrected chi connectivity index (χ2v) is 10.7. The molecule has 0 aliphatic carbocycles. The van der Waals surface area contributed by atoms with E-state index in [1.165, 1.54) is 0 Å². The topological polar surface area (TPSA) is 119 Å². The first-order chi connectivity index (χ1) is 17.4. The molecule has 1 aliphatic heterocycles. The fraction of sp³-hybridized carbons (Fsp3) is 0.600. The van der Waals surface area contributed by atoms with Crippen molar-refractivity contribution >= 4 is 39.4 Å². The van der Waals surface area contributed by atoms with Gasteiger partial charge < -0.3 is 20.1 Å². The Morgan fingerprint density at radius 1 is 1.13 bits per heavy atom. The number of aliphatic carboxylic acids is 1. The number of nitrogens with zero attached hydrogens (tertiary/aromatic N) is 3. The van der Waals surface area contributed by atoms with Crippen LogP contribution in [0.4, 0.5) is 36.8 Å². The van der Waals surface area contributed by atoms with E-state index < -0.39 is 47.1 Å². The van der Waals surface area contributed by atoms with Crippen molar-refractivity contribution < 1.29 is 54.2 Å². The van der Waals surface area contributed by atoms with Gasteiger partial charge in [-0.3, -0.25) is 9.69 Å². The maximum absolute atomic E-state index is 12.7. The Morgan fingerprint density at radius 3 is 2.21 bits per heavy atom. The van der Waals surface area contributed by atoms with Gasteiger partial charge in [-0.05, 0) is 17.7 Å². The summed E-state index contributed by atoms with van der Waals surface area (Å²) in [5, 5.41) is 12.2. The first-order valence-corrected chi connectivity index (χ1v) is 13.1. The Kier molecular flexibility index (Phi) is 10.5. The molecule has 38 heavy (non-hydrogen) atoms. The predicted molar refractivity (Wildman–Crippen MR) is 123 cm³/mol. The van der Waals surface area contributed by atoms with Gasteiger partial charge in [0.25, 0.3) is 6.10 Å². The third kappa shape index (κ3) is 9.67. The molecule has 1 aromatic rings. The maximum atomic E-state index is 12.7. The lowest BCUT2D eigenvalue weighted by atomic mass is 10.1. The number of anilines is 1. The Bertz CT molecular complexity index is 1080. The zero-order chi connectivity index (χ0) is 28.9. The number of alkyl halides is 6. The Labute approximate surface area is 219 Å². The standard InChI is InChI=1S/C20H25ClF6N4O6S/c1-38(35,36)31(12-16(32)33)5-4-28-15-10-14(21)3-2-13(15)11-29-6-8-30(9-7-29)18(34)37-17(19(22,23)24)20(25,26)27/h2-3,10,17,28H,4-9,11-12H2,1H3,(H,32,33). The van der Waals surface area contributed by atoms with Gasteiger partial charge in [-0.15, -0.1) is 0 Å². The van der Waals surface area contributed by atoms with Crippen LogP contribution < -0.4 is 5.32 Å². The molecule has 0 aromatic heterocycles. The number of rotatable bonds is 10. The van der Waals surface area contributed by atoms with Crippen LogP contribution in [0.25, 0.3) is 0 Å². The van der Waals surface area contributed by atoms with E-state index in [9.17, 15) is 44.3 Å². The van der Waals surface area contributed by atoms with E-state index in [4.69, 9.17) is 16.7 Å². The van der Waals surface area contributed by atoms with Crippen LogP contribution in [0.15, 0.2) is 18.2 Å². The largest absolute Gasteiger partial charge is 0.480 e. The molecule has 18 heteroatoms. The second-order valence-electron chi connectivity index (χ2n) is 8.33. The molecule has 216 valence electrons. The average molecular weight is 599 g/mol. The smallest absolute Gasteiger partial charge is 0.434 e. The van der Waals surface area contributed by atoms with E-state index >= 15 is 0 Å². The number of carboxylic acid groups (broad SMARTS) is 1. The highest BCUT2D eigenvalue weighted by Gasteiger charge is 2.60. The Balaban J connectivity index is 1.98.